The molecular formula is C19H15NO3. The van der Waals surface area contributed by atoms with Gasteiger partial charge in [0.25, 0.3) is 11.8 Å². The molecule has 0 aromatic heterocycles. The van der Waals surface area contributed by atoms with Gasteiger partial charge in [-0.25, -0.2) is 0 Å². The van der Waals surface area contributed by atoms with Crippen LogP contribution in [0.25, 0.3) is 0 Å². The van der Waals surface area contributed by atoms with Crippen LogP contribution in [0, 0.1) is 0 Å². The lowest BCUT2D eigenvalue weighted by molar-refractivity contribution is -0.111. The molecule has 0 fully saturated rings. The van der Waals surface area contributed by atoms with Gasteiger partial charge >= 0.3 is 0 Å². The quantitative estimate of drug-likeness (QED) is 0.485. The normalized spacial score (nSPS) is 15.9. The Hall–Kier alpha value is -3.01. The van der Waals surface area contributed by atoms with Gasteiger partial charge < -0.3 is 4.79 Å². The third-order valence-electron chi connectivity index (χ3n) is 4.07. The van der Waals surface area contributed by atoms with E-state index < -0.39 is 23.8 Å². The molecule has 0 saturated heterocycles. The first kappa shape index (κ1) is 14.9. The van der Waals surface area contributed by atoms with Crippen molar-refractivity contribution in [1.82, 2.24) is 4.90 Å². The molecule has 0 N–H and O–H groups in total. The van der Waals surface area contributed by atoms with Gasteiger partial charge in [0, 0.05) is 5.92 Å². The molecule has 2 atom stereocenters. The van der Waals surface area contributed by atoms with Gasteiger partial charge in [0.2, 0.25) is 0 Å². The van der Waals surface area contributed by atoms with Crippen LogP contribution in [0.5, 0.6) is 0 Å². The zero-order chi connectivity index (χ0) is 16.4. The standard InChI is InChI=1S/C19H15NO3/c1-2-14(13-8-4-3-5-9-13)17(12-21)20-18(22)15-10-6-7-11-16(15)19(20)23/h2-12,14,17H,1H2/t14-,17+/m1/s1. The molecule has 2 aromatic carbocycles. The van der Waals surface area contributed by atoms with Crippen molar-refractivity contribution < 1.29 is 14.4 Å². The van der Waals surface area contributed by atoms with Gasteiger partial charge in [-0.2, -0.15) is 0 Å². The molecule has 4 nitrogen and oxygen atoms in total. The summed E-state index contributed by atoms with van der Waals surface area (Å²) in [5, 5.41) is 0. The molecule has 1 heterocycles. The van der Waals surface area contributed by atoms with E-state index in [1.54, 1.807) is 30.3 Å². The lowest BCUT2D eigenvalue weighted by atomic mass is 9.91. The number of benzene rings is 2. The summed E-state index contributed by atoms with van der Waals surface area (Å²) in [5.41, 5.74) is 1.50. The van der Waals surface area contributed by atoms with Crippen molar-refractivity contribution in [3.05, 3.63) is 83.9 Å². The second kappa shape index (κ2) is 6.01. The highest BCUT2D eigenvalue weighted by Gasteiger charge is 2.42. The summed E-state index contributed by atoms with van der Waals surface area (Å²) < 4.78 is 0. The fourth-order valence-corrected chi connectivity index (χ4v) is 2.93. The number of amides is 2. The van der Waals surface area contributed by atoms with E-state index in [1.165, 1.54) is 0 Å². The van der Waals surface area contributed by atoms with Crippen LogP contribution in [-0.2, 0) is 4.79 Å². The Kier molecular flexibility index (Phi) is 3.89. The molecule has 0 unspecified atom stereocenters. The Morgan fingerprint density at radius 3 is 1.87 bits per heavy atom. The lowest BCUT2D eigenvalue weighted by Gasteiger charge is -2.27. The predicted octanol–water partition coefficient (Wildman–Crippen LogP) is 2.82. The Labute approximate surface area is 134 Å². The average molecular weight is 305 g/mol. The largest absolute Gasteiger partial charge is 0.301 e. The van der Waals surface area contributed by atoms with E-state index in [0.29, 0.717) is 17.4 Å². The van der Waals surface area contributed by atoms with Crippen LogP contribution in [0.1, 0.15) is 32.2 Å². The van der Waals surface area contributed by atoms with Crippen molar-refractivity contribution in [1.29, 1.82) is 0 Å². The number of hydrogen-bond donors (Lipinski definition) is 0. The summed E-state index contributed by atoms with van der Waals surface area (Å²) in [6, 6.07) is 14.9. The van der Waals surface area contributed by atoms with Crippen LogP contribution in [-0.4, -0.2) is 29.0 Å². The summed E-state index contributed by atoms with van der Waals surface area (Å²) in [6.45, 7) is 3.77. The van der Waals surface area contributed by atoms with Crippen molar-refractivity contribution in [3.8, 4) is 0 Å². The Morgan fingerprint density at radius 2 is 1.39 bits per heavy atom. The molecule has 114 valence electrons. The van der Waals surface area contributed by atoms with Gasteiger partial charge in [0.15, 0.2) is 0 Å². The van der Waals surface area contributed by atoms with E-state index in [9.17, 15) is 14.4 Å². The van der Waals surface area contributed by atoms with Gasteiger partial charge in [0.05, 0.1) is 11.1 Å². The molecule has 0 aliphatic carbocycles. The first-order valence-corrected chi connectivity index (χ1v) is 7.28. The zero-order valence-corrected chi connectivity index (χ0v) is 12.4. The van der Waals surface area contributed by atoms with E-state index in [2.05, 4.69) is 6.58 Å². The predicted molar refractivity (Wildman–Crippen MR) is 86.2 cm³/mol. The van der Waals surface area contributed by atoms with Gasteiger partial charge in [-0.3, -0.25) is 14.5 Å². The second-order valence-electron chi connectivity index (χ2n) is 5.32. The molecule has 3 rings (SSSR count). The van der Waals surface area contributed by atoms with Crippen molar-refractivity contribution in [2.24, 2.45) is 0 Å². The topological polar surface area (TPSA) is 54.5 Å². The maximum Gasteiger partial charge on any atom is 0.262 e. The molecule has 23 heavy (non-hydrogen) atoms. The molecule has 2 amide bonds. The smallest absolute Gasteiger partial charge is 0.262 e. The SMILES string of the molecule is C=C[C@H](c1ccccc1)[C@H](C=O)N1C(=O)c2ccccc2C1=O. The molecule has 4 heteroatoms. The van der Waals surface area contributed by atoms with Gasteiger partial charge in [-0.05, 0) is 17.7 Å². The number of rotatable bonds is 5. The molecule has 2 aromatic rings. The van der Waals surface area contributed by atoms with E-state index in [4.69, 9.17) is 0 Å². The average Bonchev–Trinajstić information content (AvgIpc) is 2.85. The minimum Gasteiger partial charge on any atom is -0.301 e. The van der Waals surface area contributed by atoms with Crippen molar-refractivity contribution in [2.75, 3.05) is 0 Å². The lowest BCUT2D eigenvalue weighted by Crippen LogP contribution is -2.44. The highest BCUT2D eigenvalue weighted by atomic mass is 16.2. The van der Waals surface area contributed by atoms with Gasteiger partial charge in [-0.1, -0.05) is 48.5 Å². The van der Waals surface area contributed by atoms with Crippen LogP contribution in [0.2, 0.25) is 0 Å². The van der Waals surface area contributed by atoms with E-state index >= 15 is 0 Å². The molecule has 0 saturated carbocycles. The van der Waals surface area contributed by atoms with Gasteiger partial charge in [-0.15, -0.1) is 6.58 Å². The minimum atomic E-state index is -0.915. The van der Waals surface area contributed by atoms with Crippen LogP contribution in [0.4, 0.5) is 0 Å². The number of carbonyl (C=O) groups excluding carboxylic acids is 3. The molecule has 1 aliphatic heterocycles. The minimum absolute atomic E-state index is 0.334. The number of carbonyl (C=O) groups is 3. The number of hydrogen-bond acceptors (Lipinski definition) is 3. The Bertz CT molecular complexity index is 747. The summed E-state index contributed by atoms with van der Waals surface area (Å²) in [7, 11) is 0. The highest BCUT2D eigenvalue weighted by Crippen LogP contribution is 2.30. The van der Waals surface area contributed by atoms with E-state index in [-0.39, 0.29) is 0 Å². The summed E-state index contributed by atoms with van der Waals surface area (Å²) >= 11 is 0. The van der Waals surface area contributed by atoms with Crippen LogP contribution < -0.4 is 0 Å². The second-order valence-corrected chi connectivity index (χ2v) is 5.32. The summed E-state index contributed by atoms with van der Waals surface area (Å²) in [5.74, 6) is -1.33. The number of imide groups is 1. The molecule has 0 radical (unpaired) electrons. The molecule has 0 bridgehead atoms. The van der Waals surface area contributed by atoms with Crippen molar-refractivity contribution in [3.63, 3.8) is 0 Å². The van der Waals surface area contributed by atoms with E-state index in [1.807, 2.05) is 30.3 Å². The van der Waals surface area contributed by atoms with E-state index in [0.717, 1.165) is 10.5 Å². The van der Waals surface area contributed by atoms with Crippen LogP contribution >= 0.6 is 0 Å². The fraction of sp³-hybridized carbons (Fsp3) is 0.105. The number of nitrogens with zero attached hydrogens (tertiary/aromatic N) is 1. The first-order chi connectivity index (χ1) is 11.2. The van der Waals surface area contributed by atoms with Crippen molar-refractivity contribution >= 4 is 18.1 Å². The molecular weight excluding hydrogens is 290 g/mol. The maximum absolute atomic E-state index is 12.6. The molecule has 1 aliphatic rings. The Balaban J connectivity index is 2.02. The zero-order valence-electron chi connectivity index (χ0n) is 12.4. The third-order valence-corrected chi connectivity index (χ3v) is 4.07. The highest BCUT2D eigenvalue weighted by molar-refractivity contribution is 6.22. The monoisotopic (exact) mass is 305 g/mol. The summed E-state index contributed by atoms with van der Waals surface area (Å²) in [4.78, 5) is 37.9. The number of aldehydes is 1. The van der Waals surface area contributed by atoms with Crippen molar-refractivity contribution in [2.45, 2.75) is 12.0 Å². The fourth-order valence-electron chi connectivity index (χ4n) is 2.93. The van der Waals surface area contributed by atoms with Gasteiger partial charge in [0.1, 0.15) is 12.3 Å². The molecule has 0 spiro atoms. The number of fused-ring (bicyclic) bond motifs is 1. The third kappa shape index (κ3) is 2.38. The Morgan fingerprint density at radius 1 is 0.870 bits per heavy atom. The van der Waals surface area contributed by atoms with Crippen LogP contribution in [0.15, 0.2) is 67.3 Å². The summed E-state index contributed by atoms with van der Waals surface area (Å²) in [6.07, 6.45) is 2.24. The van der Waals surface area contributed by atoms with Crippen LogP contribution in [0.3, 0.4) is 0 Å². The maximum atomic E-state index is 12.6. The first-order valence-electron chi connectivity index (χ1n) is 7.28.